The van der Waals surface area contributed by atoms with Gasteiger partial charge in [-0.25, -0.2) is 8.42 Å². The van der Waals surface area contributed by atoms with Crippen molar-refractivity contribution in [1.29, 1.82) is 0 Å². The van der Waals surface area contributed by atoms with Crippen molar-refractivity contribution in [1.82, 2.24) is 9.21 Å². The minimum absolute atomic E-state index is 0.0114. The molecule has 1 unspecified atom stereocenters. The lowest BCUT2D eigenvalue weighted by molar-refractivity contribution is 0.0698. The fourth-order valence-corrected chi connectivity index (χ4v) is 5.19. The zero-order valence-electron chi connectivity index (χ0n) is 13.0. The minimum Gasteiger partial charge on any atom is -0.378 e. The van der Waals surface area contributed by atoms with Gasteiger partial charge in [-0.15, -0.1) is 0 Å². The van der Waals surface area contributed by atoms with Crippen LogP contribution in [0.3, 0.4) is 0 Å². The number of hydrogen-bond acceptors (Lipinski definition) is 5. The van der Waals surface area contributed by atoms with E-state index in [0.717, 1.165) is 19.4 Å². The molecule has 1 amide bonds. The van der Waals surface area contributed by atoms with Crippen LogP contribution < -0.4 is 0 Å². The molecule has 1 aromatic heterocycles. The normalized spacial score (nSPS) is 23.3. The summed E-state index contributed by atoms with van der Waals surface area (Å²) in [5, 5.41) is 3.70. The van der Waals surface area contributed by atoms with E-state index in [1.165, 1.54) is 15.6 Å². The second-order valence-corrected chi connectivity index (χ2v) is 8.81. The van der Waals surface area contributed by atoms with E-state index in [2.05, 4.69) is 0 Å². The van der Waals surface area contributed by atoms with E-state index in [1.54, 1.807) is 11.0 Å². The predicted octanol–water partition coefficient (Wildman–Crippen LogP) is 1.40. The van der Waals surface area contributed by atoms with Gasteiger partial charge in [0.2, 0.25) is 10.0 Å². The van der Waals surface area contributed by atoms with Crippen LogP contribution in [0.1, 0.15) is 29.6 Å². The van der Waals surface area contributed by atoms with Gasteiger partial charge < -0.3 is 9.64 Å². The molecule has 0 radical (unpaired) electrons. The van der Waals surface area contributed by atoms with Crippen molar-refractivity contribution in [3.63, 3.8) is 0 Å². The van der Waals surface area contributed by atoms with Crippen molar-refractivity contribution in [2.75, 3.05) is 38.5 Å². The third-order valence-corrected chi connectivity index (χ3v) is 7.00. The number of piperazine rings is 1. The monoisotopic (exact) mass is 358 g/mol. The maximum absolute atomic E-state index is 12.4. The second-order valence-electron chi connectivity index (χ2n) is 5.94. The number of thiophene rings is 1. The molecular formula is C15H22N2O4S2. The molecule has 2 aliphatic rings. The highest BCUT2D eigenvalue weighted by atomic mass is 32.2. The SMILES string of the molecule is O=C(c1ccsc1)N1CCN(S(=O)(=O)CCC2CCCO2)CC1. The molecule has 6 nitrogen and oxygen atoms in total. The lowest BCUT2D eigenvalue weighted by Gasteiger charge is -2.34. The summed E-state index contributed by atoms with van der Waals surface area (Å²) in [4.78, 5) is 14.0. The van der Waals surface area contributed by atoms with Gasteiger partial charge in [-0.3, -0.25) is 4.79 Å². The molecule has 1 atom stereocenters. The van der Waals surface area contributed by atoms with Crippen LogP contribution in [0, 0.1) is 0 Å². The van der Waals surface area contributed by atoms with E-state index < -0.39 is 10.0 Å². The fraction of sp³-hybridized carbons (Fsp3) is 0.667. The van der Waals surface area contributed by atoms with E-state index in [4.69, 9.17) is 4.74 Å². The molecule has 2 fully saturated rings. The molecule has 0 N–H and O–H groups in total. The Bertz CT molecular complexity index is 616. The van der Waals surface area contributed by atoms with E-state index in [0.29, 0.717) is 38.2 Å². The van der Waals surface area contributed by atoms with Gasteiger partial charge in [0.15, 0.2) is 0 Å². The van der Waals surface area contributed by atoms with Gasteiger partial charge in [0, 0.05) is 38.2 Å². The summed E-state index contributed by atoms with van der Waals surface area (Å²) in [5.74, 6) is 0.124. The molecule has 3 rings (SSSR count). The Labute approximate surface area is 141 Å². The van der Waals surface area contributed by atoms with E-state index in [-0.39, 0.29) is 17.8 Å². The quantitative estimate of drug-likeness (QED) is 0.798. The van der Waals surface area contributed by atoms with Crippen molar-refractivity contribution in [3.8, 4) is 0 Å². The predicted molar refractivity (Wildman–Crippen MR) is 89.2 cm³/mol. The van der Waals surface area contributed by atoms with Gasteiger partial charge >= 0.3 is 0 Å². The van der Waals surface area contributed by atoms with Crippen LogP contribution in [0.15, 0.2) is 16.8 Å². The van der Waals surface area contributed by atoms with Crippen LogP contribution in [-0.2, 0) is 14.8 Å². The zero-order valence-corrected chi connectivity index (χ0v) is 14.7. The van der Waals surface area contributed by atoms with Crippen LogP contribution in [-0.4, -0.2) is 68.2 Å². The highest BCUT2D eigenvalue weighted by Crippen LogP contribution is 2.18. The largest absolute Gasteiger partial charge is 0.378 e. The lowest BCUT2D eigenvalue weighted by atomic mass is 10.2. The van der Waals surface area contributed by atoms with Crippen molar-refractivity contribution >= 4 is 27.3 Å². The van der Waals surface area contributed by atoms with Crippen molar-refractivity contribution < 1.29 is 17.9 Å². The second kappa shape index (κ2) is 7.29. The number of rotatable bonds is 5. The number of amides is 1. The molecule has 1 aromatic rings. The summed E-state index contributed by atoms with van der Waals surface area (Å²) >= 11 is 1.49. The Morgan fingerprint density at radius 2 is 2.09 bits per heavy atom. The topological polar surface area (TPSA) is 66.9 Å². The molecule has 8 heteroatoms. The molecule has 0 aliphatic carbocycles. The first-order valence-electron chi connectivity index (χ1n) is 7.97. The van der Waals surface area contributed by atoms with E-state index >= 15 is 0 Å². The highest BCUT2D eigenvalue weighted by Gasteiger charge is 2.30. The molecule has 0 aromatic carbocycles. The number of ether oxygens (including phenoxy) is 1. The Morgan fingerprint density at radius 3 is 2.70 bits per heavy atom. The maximum Gasteiger partial charge on any atom is 0.254 e. The Balaban J connectivity index is 1.50. The van der Waals surface area contributed by atoms with Crippen LogP contribution >= 0.6 is 11.3 Å². The Kier molecular flexibility index (Phi) is 5.35. The molecule has 0 spiro atoms. The molecule has 3 heterocycles. The van der Waals surface area contributed by atoms with Crippen molar-refractivity contribution in [2.24, 2.45) is 0 Å². The Morgan fingerprint density at radius 1 is 1.30 bits per heavy atom. The molecule has 128 valence electrons. The highest BCUT2D eigenvalue weighted by molar-refractivity contribution is 7.89. The summed E-state index contributed by atoms with van der Waals surface area (Å²) in [7, 11) is -3.26. The first-order valence-corrected chi connectivity index (χ1v) is 10.5. The smallest absolute Gasteiger partial charge is 0.254 e. The first-order chi connectivity index (χ1) is 11.1. The fourth-order valence-electron chi connectivity index (χ4n) is 3.02. The minimum atomic E-state index is -3.26. The number of carbonyl (C=O) groups is 1. The molecular weight excluding hydrogens is 336 g/mol. The van der Waals surface area contributed by atoms with Crippen LogP contribution in [0.2, 0.25) is 0 Å². The van der Waals surface area contributed by atoms with Crippen molar-refractivity contribution in [2.45, 2.75) is 25.4 Å². The Hall–Kier alpha value is -0.960. The average molecular weight is 358 g/mol. The summed E-state index contributed by atoms with van der Waals surface area (Å²) < 4.78 is 31.8. The van der Waals surface area contributed by atoms with Gasteiger partial charge in [-0.2, -0.15) is 15.6 Å². The van der Waals surface area contributed by atoms with E-state index in [9.17, 15) is 13.2 Å². The van der Waals surface area contributed by atoms with Gasteiger partial charge in [0.05, 0.1) is 17.4 Å². The molecule has 2 aliphatic heterocycles. The van der Waals surface area contributed by atoms with E-state index in [1.807, 2.05) is 10.8 Å². The average Bonchev–Trinajstić information content (AvgIpc) is 3.26. The molecule has 0 saturated carbocycles. The number of nitrogens with zero attached hydrogens (tertiary/aromatic N) is 2. The number of carbonyl (C=O) groups excluding carboxylic acids is 1. The third kappa shape index (κ3) is 4.12. The molecule has 23 heavy (non-hydrogen) atoms. The van der Waals surface area contributed by atoms with Crippen molar-refractivity contribution in [3.05, 3.63) is 22.4 Å². The number of hydrogen-bond donors (Lipinski definition) is 0. The number of sulfonamides is 1. The molecule has 2 saturated heterocycles. The standard InChI is InChI=1S/C15H22N2O4S2/c18-15(13-3-10-22-12-13)16-5-7-17(8-6-16)23(19,20)11-4-14-2-1-9-21-14/h3,10,12,14H,1-2,4-9,11H2. The summed E-state index contributed by atoms with van der Waals surface area (Å²) in [6, 6.07) is 1.80. The summed E-state index contributed by atoms with van der Waals surface area (Å²) in [6.45, 7) is 2.41. The van der Waals surface area contributed by atoms with Gasteiger partial charge in [0.1, 0.15) is 0 Å². The summed E-state index contributed by atoms with van der Waals surface area (Å²) in [5.41, 5.74) is 0.685. The molecule has 0 bridgehead atoms. The zero-order chi connectivity index (χ0) is 16.3. The van der Waals surface area contributed by atoms with Crippen LogP contribution in [0.25, 0.3) is 0 Å². The lowest BCUT2D eigenvalue weighted by Crippen LogP contribution is -2.51. The summed E-state index contributed by atoms with van der Waals surface area (Å²) in [6.07, 6.45) is 2.63. The van der Waals surface area contributed by atoms with Crippen LogP contribution in [0.5, 0.6) is 0 Å². The van der Waals surface area contributed by atoms with Gasteiger partial charge in [-0.05, 0) is 30.7 Å². The third-order valence-electron chi connectivity index (χ3n) is 4.41. The van der Waals surface area contributed by atoms with Gasteiger partial charge in [-0.1, -0.05) is 0 Å². The first kappa shape index (κ1) is 16.9. The maximum atomic E-state index is 12.4. The van der Waals surface area contributed by atoms with Crippen LogP contribution in [0.4, 0.5) is 0 Å². The van der Waals surface area contributed by atoms with Gasteiger partial charge in [0.25, 0.3) is 5.91 Å².